The van der Waals surface area contributed by atoms with Crippen molar-refractivity contribution >= 4 is 17.4 Å². The summed E-state index contributed by atoms with van der Waals surface area (Å²) in [4.78, 5) is 10.7. The third-order valence-electron chi connectivity index (χ3n) is 1.86. The van der Waals surface area contributed by atoms with Crippen LogP contribution in [0.15, 0.2) is 12.2 Å². The number of rotatable bonds is 7. The standard InChI is InChI=1S/C10H17ClO/c1-9(10(2)12)7-5-3-4-6-8-11/h1,3-8H2,2H3. The van der Waals surface area contributed by atoms with Crippen molar-refractivity contribution in [2.45, 2.75) is 39.0 Å². The summed E-state index contributed by atoms with van der Waals surface area (Å²) in [6.07, 6.45) is 5.30. The third kappa shape index (κ3) is 6.41. The molecule has 0 bridgehead atoms. The van der Waals surface area contributed by atoms with E-state index in [-0.39, 0.29) is 5.78 Å². The molecule has 0 aromatic carbocycles. The van der Waals surface area contributed by atoms with E-state index >= 15 is 0 Å². The number of carbonyl (C=O) groups excluding carboxylic acids is 1. The second-order valence-electron chi connectivity index (χ2n) is 3.01. The van der Waals surface area contributed by atoms with Crippen molar-refractivity contribution in [1.29, 1.82) is 0 Å². The highest BCUT2D eigenvalue weighted by molar-refractivity contribution is 6.17. The number of unbranched alkanes of at least 4 members (excludes halogenated alkanes) is 3. The van der Waals surface area contributed by atoms with Gasteiger partial charge in [-0.15, -0.1) is 11.6 Å². The van der Waals surface area contributed by atoms with Crippen LogP contribution in [0.3, 0.4) is 0 Å². The predicted molar refractivity (Wildman–Crippen MR) is 53.6 cm³/mol. The minimum Gasteiger partial charge on any atom is -0.295 e. The molecule has 0 aliphatic rings. The number of alkyl halides is 1. The van der Waals surface area contributed by atoms with Crippen LogP contribution in [0.4, 0.5) is 0 Å². The molecule has 0 spiro atoms. The Morgan fingerprint density at radius 3 is 2.33 bits per heavy atom. The highest BCUT2D eigenvalue weighted by atomic mass is 35.5. The Morgan fingerprint density at radius 1 is 1.25 bits per heavy atom. The Hall–Kier alpha value is -0.300. The number of hydrogen-bond donors (Lipinski definition) is 0. The number of Topliss-reactive ketones (excluding diaryl/α,β-unsaturated/α-hetero) is 1. The Kier molecular flexibility index (Phi) is 7.17. The van der Waals surface area contributed by atoms with Gasteiger partial charge in [0, 0.05) is 5.88 Å². The molecule has 0 aromatic rings. The predicted octanol–water partition coefficient (Wildman–Crippen LogP) is 3.32. The topological polar surface area (TPSA) is 17.1 Å². The molecule has 0 saturated heterocycles. The fourth-order valence-corrected chi connectivity index (χ4v) is 1.15. The summed E-state index contributed by atoms with van der Waals surface area (Å²) in [5, 5.41) is 0. The molecule has 0 aliphatic heterocycles. The van der Waals surface area contributed by atoms with E-state index in [1.807, 2.05) is 0 Å². The molecule has 70 valence electrons. The zero-order valence-corrected chi connectivity index (χ0v) is 8.49. The minimum atomic E-state index is 0.118. The molecule has 0 aromatic heterocycles. The van der Waals surface area contributed by atoms with E-state index in [9.17, 15) is 4.79 Å². The van der Waals surface area contributed by atoms with Gasteiger partial charge in [0.05, 0.1) is 0 Å². The number of allylic oxidation sites excluding steroid dienone is 1. The van der Waals surface area contributed by atoms with E-state index in [1.165, 1.54) is 0 Å². The lowest BCUT2D eigenvalue weighted by Gasteiger charge is -2.00. The first kappa shape index (κ1) is 11.7. The maximum absolute atomic E-state index is 10.7. The first-order valence-electron chi connectivity index (χ1n) is 4.43. The number of ketones is 1. The van der Waals surface area contributed by atoms with Gasteiger partial charge in [-0.3, -0.25) is 4.79 Å². The molecule has 0 amide bonds. The van der Waals surface area contributed by atoms with E-state index in [1.54, 1.807) is 6.92 Å². The van der Waals surface area contributed by atoms with Crippen LogP contribution in [0, 0.1) is 0 Å². The van der Waals surface area contributed by atoms with E-state index in [0.717, 1.165) is 43.6 Å². The van der Waals surface area contributed by atoms with Crippen molar-refractivity contribution < 1.29 is 4.79 Å². The van der Waals surface area contributed by atoms with Crippen LogP contribution >= 0.6 is 11.6 Å². The molecule has 1 nitrogen and oxygen atoms in total. The fourth-order valence-electron chi connectivity index (χ4n) is 0.962. The largest absolute Gasteiger partial charge is 0.295 e. The fraction of sp³-hybridized carbons (Fsp3) is 0.700. The Labute approximate surface area is 79.8 Å². The maximum Gasteiger partial charge on any atom is 0.155 e. The molecular weight excluding hydrogens is 172 g/mol. The molecule has 0 N–H and O–H groups in total. The summed E-state index contributed by atoms with van der Waals surface area (Å²) in [5.74, 6) is 0.862. The third-order valence-corrected chi connectivity index (χ3v) is 2.13. The van der Waals surface area contributed by atoms with Gasteiger partial charge in [-0.2, -0.15) is 0 Å². The van der Waals surface area contributed by atoms with Crippen LogP contribution in [0.2, 0.25) is 0 Å². The molecule has 0 saturated carbocycles. The molecule has 0 fully saturated rings. The Bertz CT molecular complexity index is 152. The number of carbonyl (C=O) groups is 1. The Morgan fingerprint density at radius 2 is 1.83 bits per heavy atom. The lowest BCUT2D eigenvalue weighted by atomic mass is 10.1. The second-order valence-corrected chi connectivity index (χ2v) is 3.39. The number of hydrogen-bond acceptors (Lipinski definition) is 1. The summed E-state index contributed by atoms with van der Waals surface area (Å²) in [6.45, 7) is 5.27. The quantitative estimate of drug-likeness (QED) is 0.340. The first-order chi connectivity index (χ1) is 5.68. The van der Waals surface area contributed by atoms with Crippen molar-refractivity contribution in [3.63, 3.8) is 0 Å². The van der Waals surface area contributed by atoms with Crippen molar-refractivity contribution in [3.05, 3.63) is 12.2 Å². The van der Waals surface area contributed by atoms with Gasteiger partial charge >= 0.3 is 0 Å². The minimum absolute atomic E-state index is 0.118. The van der Waals surface area contributed by atoms with E-state index in [2.05, 4.69) is 6.58 Å². The van der Waals surface area contributed by atoms with Gasteiger partial charge in [-0.05, 0) is 31.8 Å². The smallest absolute Gasteiger partial charge is 0.155 e. The van der Waals surface area contributed by atoms with Crippen LogP contribution < -0.4 is 0 Å². The van der Waals surface area contributed by atoms with Crippen molar-refractivity contribution in [3.8, 4) is 0 Å². The Balaban J connectivity index is 3.20. The lowest BCUT2D eigenvalue weighted by Crippen LogP contribution is -1.94. The van der Waals surface area contributed by atoms with E-state index in [4.69, 9.17) is 11.6 Å². The van der Waals surface area contributed by atoms with E-state index < -0.39 is 0 Å². The van der Waals surface area contributed by atoms with Gasteiger partial charge < -0.3 is 0 Å². The molecule has 12 heavy (non-hydrogen) atoms. The van der Waals surface area contributed by atoms with Crippen molar-refractivity contribution in [2.24, 2.45) is 0 Å². The molecule has 2 heteroatoms. The van der Waals surface area contributed by atoms with Gasteiger partial charge in [-0.1, -0.05) is 19.4 Å². The average Bonchev–Trinajstić information content (AvgIpc) is 2.03. The van der Waals surface area contributed by atoms with Crippen molar-refractivity contribution in [1.82, 2.24) is 0 Å². The molecule has 0 aliphatic carbocycles. The van der Waals surface area contributed by atoms with Crippen LogP contribution in [-0.2, 0) is 4.79 Å². The van der Waals surface area contributed by atoms with Crippen molar-refractivity contribution in [2.75, 3.05) is 5.88 Å². The van der Waals surface area contributed by atoms with Gasteiger partial charge in [0.25, 0.3) is 0 Å². The van der Waals surface area contributed by atoms with Gasteiger partial charge in [0.2, 0.25) is 0 Å². The summed E-state index contributed by atoms with van der Waals surface area (Å²) in [6, 6.07) is 0. The van der Waals surface area contributed by atoms with Crippen LogP contribution in [0.1, 0.15) is 39.0 Å². The zero-order chi connectivity index (χ0) is 9.40. The van der Waals surface area contributed by atoms with Gasteiger partial charge in [0.1, 0.15) is 0 Å². The summed E-state index contributed by atoms with van der Waals surface area (Å²) in [5.41, 5.74) is 0.751. The lowest BCUT2D eigenvalue weighted by molar-refractivity contribution is -0.113. The van der Waals surface area contributed by atoms with Crippen LogP contribution in [0.5, 0.6) is 0 Å². The highest BCUT2D eigenvalue weighted by Gasteiger charge is 1.98. The summed E-state index contributed by atoms with van der Waals surface area (Å²) in [7, 11) is 0. The zero-order valence-electron chi connectivity index (χ0n) is 7.74. The molecule has 0 atom stereocenters. The monoisotopic (exact) mass is 188 g/mol. The molecule has 0 heterocycles. The molecular formula is C10H17ClO. The second kappa shape index (κ2) is 7.35. The van der Waals surface area contributed by atoms with Gasteiger partial charge in [-0.25, -0.2) is 0 Å². The summed E-state index contributed by atoms with van der Waals surface area (Å²) < 4.78 is 0. The normalized spacial score (nSPS) is 9.83. The average molecular weight is 189 g/mol. The van der Waals surface area contributed by atoms with Crippen LogP contribution in [0.25, 0.3) is 0 Å². The molecule has 0 rings (SSSR count). The van der Waals surface area contributed by atoms with Crippen LogP contribution in [-0.4, -0.2) is 11.7 Å². The maximum atomic E-state index is 10.7. The summed E-state index contributed by atoms with van der Waals surface area (Å²) >= 11 is 5.52. The first-order valence-corrected chi connectivity index (χ1v) is 4.96. The van der Waals surface area contributed by atoms with Gasteiger partial charge in [0.15, 0.2) is 5.78 Å². The molecule has 0 radical (unpaired) electrons. The highest BCUT2D eigenvalue weighted by Crippen LogP contribution is 2.09. The molecule has 0 unspecified atom stereocenters. The SMILES string of the molecule is C=C(CCCCCCCl)C(C)=O. The van der Waals surface area contributed by atoms with E-state index in [0.29, 0.717) is 0 Å². The number of halogens is 1.